The minimum absolute atomic E-state index is 0.124. The standard InChI is InChI=1S/C25H36N2O6/c1-15(16-10-12-17(13-11-16)20(28)31-7)26-21(29)25(27-22(30)33-23(2,3)4)18-9-8-14-32-19(18)24(25,5)6/h10-13,15,18-19H,8-9,14H2,1-7H3,(H,26,29)(H,27,30). The second-order valence-electron chi connectivity index (χ2n) is 10.5. The van der Waals surface area contributed by atoms with E-state index in [4.69, 9.17) is 14.2 Å². The van der Waals surface area contributed by atoms with Crippen LogP contribution in [0.4, 0.5) is 4.79 Å². The average molecular weight is 461 g/mol. The third kappa shape index (κ3) is 4.58. The van der Waals surface area contributed by atoms with Crippen LogP contribution in [0.3, 0.4) is 0 Å². The van der Waals surface area contributed by atoms with Crippen LogP contribution in [0.25, 0.3) is 0 Å². The summed E-state index contributed by atoms with van der Waals surface area (Å²) in [7, 11) is 1.33. The Balaban J connectivity index is 1.85. The molecule has 1 aromatic carbocycles. The van der Waals surface area contributed by atoms with Gasteiger partial charge >= 0.3 is 12.1 Å². The molecule has 2 fully saturated rings. The molecule has 0 bridgehead atoms. The summed E-state index contributed by atoms with van der Waals surface area (Å²) in [6, 6.07) is 6.54. The van der Waals surface area contributed by atoms with Crippen LogP contribution < -0.4 is 10.6 Å². The van der Waals surface area contributed by atoms with Crippen molar-refractivity contribution in [1.29, 1.82) is 0 Å². The summed E-state index contributed by atoms with van der Waals surface area (Å²) in [5, 5.41) is 6.03. The van der Waals surface area contributed by atoms with E-state index in [9.17, 15) is 14.4 Å². The third-order valence-electron chi connectivity index (χ3n) is 6.84. The first-order chi connectivity index (χ1) is 15.3. The van der Waals surface area contributed by atoms with Crippen molar-refractivity contribution in [3.05, 3.63) is 35.4 Å². The van der Waals surface area contributed by atoms with Gasteiger partial charge in [0.2, 0.25) is 5.91 Å². The molecule has 1 aliphatic carbocycles. The molecule has 1 aromatic rings. The van der Waals surface area contributed by atoms with Crippen molar-refractivity contribution in [3.63, 3.8) is 0 Å². The first-order valence-electron chi connectivity index (χ1n) is 11.5. The van der Waals surface area contributed by atoms with Crippen LogP contribution in [0.2, 0.25) is 0 Å². The Morgan fingerprint density at radius 3 is 2.36 bits per heavy atom. The Morgan fingerprint density at radius 1 is 1.15 bits per heavy atom. The summed E-state index contributed by atoms with van der Waals surface area (Å²) < 4.78 is 16.3. The number of rotatable bonds is 5. The normalized spacial score (nSPS) is 26.8. The molecule has 2 amide bonds. The maximum absolute atomic E-state index is 13.8. The average Bonchev–Trinajstić information content (AvgIpc) is 2.75. The van der Waals surface area contributed by atoms with Crippen molar-refractivity contribution in [2.75, 3.05) is 13.7 Å². The van der Waals surface area contributed by atoms with E-state index in [1.807, 2.05) is 20.8 Å². The fraction of sp³-hybridized carbons (Fsp3) is 0.640. The fourth-order valence-corrected chi connectivity index (χ4v) is 5.20. The van der Waals surface area contributed by atoms with Crippen LogP contribution in [-0.2, 0) is 19.0 Å². The Labute approximate surface area is 195 Å². The van der Waals surface area contributed by atoms with Crippen LogP contribution in [0, 0.1) is 11.3 Å². The lowest BCUT2D eigenvalue weighted by Gasteiger charge is -2.66. The SMILES string of the molecule is COC(=O)c1ccc(C(C)NC(=O)C2(NC(=O)OC(C)(C)C)C3CCCOC3C2(C)C)cc1. The van der Waals surface area contributed by atoms with Gasteiger partial charge in [-0.25, -0.2) is 9.59 Å². The number of carbonyl (C=O) groups excluding carboxylic acids is 3. The van der Waals surface area contributed by atoms with E-state index in [0.29, 0.717) is 12.2 Å². The fourth-order valence-electron chi connectivity index (χ4n) is 5.20. The van der Waals surface area contributed by atoms with E-state index < -0.39 is 28.6 Å². The summed E-state index contributed by atoms with van der Waals surface area (Å²) in [5.74, 6) is -0.837. The molecule has 8 heteroatoms. The third-order valence-corrected chi connectivity index (χ3v) is 6.84. The molecule has 1 heterocycles. The van der Waals surface area contributed by atoms with Gasteiger partial charge in [-0.1, -0.05) is 26.0 Å². The summed E-state index contributed by atoms with van der Waals surface area (Å²) >= 11 is 0. The molecule has 0 spiro atoms. The summed E-state index contributed by atoms with van der Waals surface area (Å²) in [6.07, 6.45) is 0.859. The van der Waals surface area contributed by atoms with Crippen LogP contribution >= 0.6 is 0 Å². The van der Waals surface area contributed by atoms with E-state index in [0.717, 1.165) is 18.4 Å². The zero-order valence-electron chi connectivity index (χ0n) is 20.6. The van der Waals surface area contributed by atoms with Gasteiger partial charge in [0.1, 0.15) is 11.1 Å². The van der Waals surface area contributed by atoms with Gasteiger partial charge in [0, 0.05) is 17.9 Å². The van der Waals surface area contributed by atoms with Crippen LogP contribution in [0.1, 0.15) is 76.3 Å². The highest BCUT2D eigenvalue weighted by Crippen LogP contribution is 2.59. The molecular weight excluding hydrogens is 424 g/mol. The molecule has 0 aromatic heterocycles. The first-order valence-corrected chi connectivity index (χ1v) is 11.5. The minimum atomic E-state index is -1.17. The molecule has 4 atom stereocenters. The number of ether oxygens (including phenoxy) is 3. The zero-order chi connectivity index (χ0) is 24.6. The van der Waals surface area contributed by atoms with Crippen molar-refractivity contribution in [3.8, 4) is 0 Å². The number of benzene rings is 1. The first kappa shape index (κ1) is 25.0. The van der Waals surface area contributed by atoms with Gasteiger partial charge in [0.15, 0.2) is 0 Å². The van der Waals surface area contributed by atoms with E-state index in [1.54, 1.807) is 45.0 Å². The molecule has 182 valence electrons. The molecule has 3 rings (SSSR count). The van der Waals surface area contributed by atoms with Crippen LogP contribution in [-0.4, -0.2) is 48.9 Å². The number of fused-ring (bicyclic) bond motifs is 1. The number of esters is 1. The lowest BCUT2D eigenvalue weighted by molar-refractivity contribution is -0.233. The Bertz CT molecular complexity index is 904. The number of nitrogens with one attached hydrogen (secondary N) is 2. The van der Waals surface area contributed by atoms with Gasteiger partial charge in [0.05, 0.1) is 24.8 Å². The van der Waals surface area contributed by atoms with Gasteiger partial charge in [-0.3, -0.25) is 4.79 Å². The van der Waals surface area contributed by atoms with E-state index >= 15 is 0 Å². The predicted octanol–water partition coefficient (Wildman–Crippen LogP) is 3.75. The number of carbonyl (C=O) groups is 3. The van der Waals surface area contributed by atoms with Crippen molar-refractivity contribution in [2.24, 2.45) is 11.3 Å². The molecular formula is C25H36N2O6. The molecule has 2 aliphatic rings. The number of methoxy groups -OCH3 is 1. The van der Waals surface area contributed by atoms with Gasteiger partial charge in [-0.2, -0.15) is 0 Å². The Hall–Kier alpha value is -2.61. The number of hydrogen-bond acceptors (Lipinski definition) is 6. The van der Waals surface area contributed by atoms with Gasteiger partial charge in [0.25, 0.3) is 0 Å². The molecule has 4 unspecified atom stereocenters. The molecule has 2 N–H and O–H groups in total. The van der Waals surface area contributed by atoms with Crippen LogP contribution in [0.5, 0.6) is 0 Å². The molecule has 8 nitrogen and oxygen atoms in total. The van der Waals surface area contributed by atoms with Gasteiger partial charge in [-0.15, -0.1) is 0 Å². The van der Waals surface area contributed by atoms with Crippen molar-refractivity contribution in [2.45, 2.75) is 77.7 Å². The predicted molar refractivity (Wildman–Crippen MR) is 123 cm³/mol. The number of amides is 2. The second-order valence-corrected chi connectivity index (χ2v) is 10.5. The van der Waals surface area contributed by atoms with E-state index in [1.165, 1.54) is 7.11 Å². The maximum atomic E-state index is 13.8. The lowest BCUT2D eigenvalue weighted by Crippen LogP contribution is -2.84. The topological polar surface area (TPSA) is 103 Å². The lowest BCUT2D eigenvalue weighted by atomic mass is 9.45. The number of alkyl carbamates (subject to hydrolysis) is 1. The second kappa shape index (κ2) is 8.97. The highest BCUT2D eigenvalue weighted by molar-refractivity contribution is 5.93. The molecule has 0 radical (unpaired) electrons. The molecule has 1 saturated heterocycles. The van der Waals surface area contributed by atoms with Crippen LogP contribution in [0.15, 0.2) is 24.3 Å². The van der Waals surface area contributed by atoms with Crippen molar-refractivity contribution < 1.29 is 28.6 Å². The maximum Gasteiger partial charge on any atom is 0.408 e. The molecule has 1 aliphatic heterocycles. The molecule has 1 saturated carbocycles. The van der Waals surface area contributed by atoms with Crippen molar-refractivity contribution >= 4 is 18.0 Å². The van der Waals surface area contributed by atoms with E-state index in [2.05, 4.69) is 10.6 Å². The Kier molecular flexibility index (Phi) is 6.80. The monoisotopic (exact) mass is 460 g/mol. The smallest absolute Gasteiger partial charge is 0.408 e. The summed E-state index contributed by atoms with van der Waals surface area (Å²) in [5.41, 5.74) is -1.22. The van der Waals surface area contributed by atoms with Crippen molar-refractivity contribution in [1.82, 2.24) is 10.6 Å². The van der Waals surface area contributed by atoms with Gasteiger partial charge in [-0.05, 0) is 58.2 Å². The highest BCUT2D eigenvalue weighted by Gasteiger charge is 2.73. The number of hydrogen-bond donors (Lipinski definition) is 2. The summed E-state index contributed by atoms with van der Waals surface area (Å²) in [6.45, 7) is 11.8. The highest BCUT2D eigenvalue weighted by atomic mass is 16.6. The minimum Gasteiger partial charge on any atom is -0.465 e. The molecule has 33 heavy (non-hydrogen) atoms. The quantitative estimate of drug-likeness (QED) is 0.649. The van der Waals surface area contributed by atoms with Gasteiger partial charge < -0.3 is 24.8 Å². The summed E-state index contributed by atoms with van der Waals surface area (Å²) in [4.78, 5) is 38.3. The zero-order valence-corrected chi connectivity index (χ0v) is 20.6. The van der Waals surface area contributed by atoms with E-state index in [-0.39, 0.29) is 24.0 Å². The Morgan fingerprint density at radius 2 is 1.79 bits per heavy atom. The largest absolute Gasteiger partial charge is 0.465 e.